The Morgan fingerprint density at radius 2 is 2.08 bits per heavy atom. The van der Waals surface area contributed by atoms with Crippen molar-refractivity contribution < 1.29 is 19.0 Å². The zero-order valence-corrected chi connectivity index (χ0v) is 14.3. The summed E-state index contributed by atoms with van der Waals surface area (Å²) in [4.78, 5) is 19.3. The van der Waals surface area contributed by atoms with E-state index in [0.29, 0.717) is 42.6 Å². The molecule has 0 spiro atoms. The highest BCUT2D eigenvalue weighted by molar-refractivity contribution is 5.92. The van der Waals surface area contributed by atoms with Gasteiger partial charge < -0.3 is 31.0 Å². The standard InChI is InChI=1S/C17H21N5O4/c1-24-15-8-14(21-17(19)22-15)20-12-9-25-7-6-13(12)26-11-4-2-10(3-5-11)16(18)23/h2-5,8,12-13H,6-7,9H2,1H3,(H2,18,23)(H3,19,20,21,22)/t12-,13-/m1/s1. The van der Waals surface area contributed by atoms with Gasteiger partial charge in [-0.2, -0.15) is 9.97 Å². The summed E-state index contributed by atoms with van der Waals surface area (Å²) in [5.41, 5.74) is 11.4. The Labute approximate surface area is 150 Å². The van der Waals surface area contributed by atoms with Gasteiger partial charge in [0.15, 0.2) is 0 Å². The fraction of sp³-hybridized carbons (Fsp3) is 0.353. The first kappa shape index (κ1) is 17.7. The third-order valence-corrected chi connectivity index (χ3v) is 3.98. The molecule has 0 saturated carbocycles. The van der Waals surface area contributed by atoms with Gasteiger partial charge in [-0.05, 0) is 24.3 Å². The van der Waals surface area contributed by atoms with Crippen LogP contribution in [0.2, 0.25) is 0 Å². The number of hydrogen-bond acceptors (Lipinski definition) is 8. The Bertz CT molecular complexity index is 768. The van der Waals surface area contributed by atoms with Crippen LogP contribution in [0.25, 0.3) is 0 Å². The molecule has 26 heavy (non-hydrogen) atoms. The lowest BCUT2D eigenvalue weighted by molar-refractivity contribution is 0.0146. The molecule has 3 rings (SSSR count). The highest BCUT2D eigenvalue weighted by atomic mass is 16.5. The number of aromatic nitrogens is 2. The van der Waals surface area contributed by atoms with Crippen molar-refractivity contribution in [1.29, 1.82) is 0 Å². The second kappa shape index (κ2) is 7.87. The normalized spacial score (nSPS) is 19.6. The van der Waals surface area contributed by atoms with E-state index in [2.05, 4.69) is 15.3 Å². The van der Waals surface area contributed by atoms with Crippen LogP contribution in [0.3, 0.4) is 0 Å². The first-order valence-electron chi connectivity index (χ1n) is 8.14. The number of nitrogens with one attached hydrogen (secondary N) is 1. The molecule has 2 atom stereocenters. The molecule has 0 aliphatic carbocycles. The number of carbonyl (C=O) groups is 1. The smallest absolute Gasteiger partial charge is 0.248 e. The molecule has 2 aromatic rings. The molecule has 0 unspecified atom stereocenters. The molecule has 1 aliphatic heterocycles. The van der Waals surface area contributed by atoms with Crippen molar-refractivity contribution >= 4 is 17.7 Å². The fourth-order valence-corrected chi connectivity index (χ4v) is 2.68. The molecule has 1 aromatic heterocycles. The summed E-state index contributed by atoms with van der Waals surface area (Å²) in [6.07, 6.45) is 0.554. The van der Waals surface area contributed by atoms with Gasteiger partial charge in [-0.25, -0.2) is 0 Å². The van der Waals surface area contributed by atoms with E-state index in [1.54, 1.807) is 30.3 Å². The van der Waals surface area contributed by atoms with Crippen LogP contribution in [0.5, 0.6) is 11.6 Å². The average molecular weight is 359 g/mol. The number of methoxy groups -OCH3 is 1. The number of carbonyl (C=O) groups excluding carboxylic acids is 1. The maximum absolute atomic E-state index is 11.2. The number of primary amides is 1. The molecule has 1 saturated heterocycles. The van der Waals surface area contributed by atoms with Crippen LogP contribution in [0.1, 0.15) is 16.8 Å². The van der Waals surface area contributed by atoms with Gasteiger partial charge in [0.05, 0.1) is 26.4 Å². The minimum Gasteiger partial charge on any atom is -0.488 e. The topological polar surface area (TPSA) is 135 Å². The van der Waals surface area contributed by atoms with E-state index in [1.165, 1.54) is 7.11 Å². The number of amides is 1. The van der Waals surface area contributed by atoms with Crippen LogP contribution in [0.4, 0.5) is 11.8 Å². The molecule has 0 radical (unpaired) electrons. The second-order valence-corrected chi connectivity index (χ2v) is 5.81. The van der Waals surface area contributed by atoms with Crippen LogP contribution in [-0.2, 0) is 4.74 Å². The molecule has 1 aromatic carbocycles. The number of nitrogens with two attached hydrogens (primary N) is 2. The monoisotopic (exact) mass is 359 g/mol. The van der Waals surface area contributed by atoms with Crippen molar-refractivity contribution in [2.24, 2.45) is 5.73 Å². The molecule has 1 fully saturated rings. The Morgan fingerprint density at radius 1 is 1.31 bits per heavy atom. The molecule has 9 nitrogen and oxygen atoms in total. The zero-order chi connectivity index (χ0) is 18.5. The van der Waals surface area contributed by atoms with Crippen LogP contribution < -0.4 is 26.3 Å². The van der Waals surface area contributed by atoms with Crippen molar-refractivity contribution in [3.05, 3.63) is 35.9 Å². The number of nitrogen functional groups attached to an aromatic ring is 1. The minimum atomic E-state index is -0.475. The summed E-state index contributed by atoms with van der Waals surface area (Å²) < 4.78 is 16.7. The summed E-state index contributed by atoms with van der Waals surface area (Å²) in [7, 11) is 1.51. The maximum atomic E-state index is 11.2. The lowest BCUT2D eigenvalue weighted by atomic mass is 10.1. The molecule has 1 aliphatic rings. The number of ether oxygens (including phenoxy) is 3. The van der Waals surface area contributed by atoms with E-state index < -0.39 is 5.91 Å². The SMILES string of the molecule is COc1cc(N[C@@H]2COCC[C@H]2Oc2ccc(C(N)=O)cc2)nc(N)n1. The van der Waals surface area contributed by atoms with Gasteiger partial charge in [0.2, 0.25) is 17.7 Å². The van der Waals surface area contributed by atoms with Crippen molar-refractivity contribution in [3.8, 4) is 11.6 Å². The third kappa shape index (κ3) is 4.31. The van der Waals surface area contributed by atoms with Gasteiger partial charge in [0.1, 0.15) is 17.7 Å². The van der Waals surface area contributed by atoms with Gasteiger partial charge in [-0.15, -0.1) is 0 Å². The van der Waals surface area contributed by atoms with Crippen molar-refractivity contribution in [2.45, 2.75) is 18.6 Å². The molecule has 5 N–H and O–H groups in total. The first-order chi connectivity index (χ1) is 12.5. The third-order valence-electron chi connectivity index (χ3n) is 3.98. The van der Waals surface area contributed by atoms with Crippen LogP contribution >= 0.6 is 0 Å². The van der Waals surface area contributed by atoms with Gasteiger partial charge >= 0.3 is 0 Å². The molecule has 2 heterocycles. The summed E-state index contributed by atoms with van der Waals surface area (Å²) in [5, 5.41) is 3.26. The van der Waals surface area contributed by atoms with Crippen molar-refractivity contribution in [1.82, 2.24) is 9.97 Å². The predicted octanol–water partition coefficient (Wildman–Crippen LogP) is 0.815. The van der Waals surface area contributed by atoms with E-state index >= 15 is 0 Å². The second-order valence-electron chi connectivity index (χ2n) is 5.81. The van der Waals surface area contributed by atoms with Crippen LogP contribution in [0.15, 0.2) is 30.3 Å². The Balaban J connectivity index is 1.71. The largest absolute Gasteiger partial charge is 0.488 e. The average Bonchev–Trinajstić information content (AvgIpc) is 2.63. The molecular formula is C17H21N5O4. The Hall–Kier alpha value is -3.07. The summed E-state index contributed by atoms with van der Waals surface area (Å²) >= 11 is 0. The highest BCUT2D eigenvalue weighted by Gasteiger charge is 2.28. The summed E-state index contributed by atoms with van der Waals surface area (Å²) in [6.45, 7) is 1.05. The lowest BCUT2D eigenvalue weighted by Crippen LogP contribution is -2.45. The minimum absolute atomic E-state index is 0.114. The number of anilines is 2. The molecule has 9 heteroatoms. The fourth-order valence-electron chi connectivity index (χ4n) is 2.68. The lowest BCUT2D eigenvalue weighted by Gasteiger charge is -2.32. The molecular weight excluding hydrogens is 338 g/mol. The number of hydrogen-bond donors (Lipinski definition) is 3. The van der Waals surface area contributed by atoms with E-state index in [9.17, 15) is 4.79 Å². The summed E-state index contributed by atoms with van der Waals surface area (Å²) in [6, 6.07) is 8.23. The van der Waals surface area contributed by atoms with Crippen LogP contribution in [0, 0.1) is 0 Å². The number of rotatable bonds is 6. The molecule has 0 bridgehead atoms. The van der Waals surface area contributed by atoms with Gasteiger partial charge in [0, 0.05) is 18.1 Å². The number of nitrogens with zero attached hydrogens (tertiary/aromatic N) is 2. The highest BCUT2D eigenvalue weighted by Crippen LogP contribution is 2.22. The van der Waals surface area contributed by atoms with E-state index in [-0.39, 0.29) is 18.1 Å². The van der Waals surface area contributed by atoms with E-state index in [4.69, 9.17) is 25.7 Å². The van der Waals surface area contributed by atoms with E-state index in [0.717, 1.165) is 0 Å². The first-order valence-corrected chi connectivity index (χ1v) is 8.14. The van der Waals surface area contributed by atoms with Crippen molar-refractivity contribution in [3.63, 3.8) is 0 Å². The Kier molecular flexibility index (Phi) is 5.37. The zero-order valence-electron chi connectivity index (χ0n) is 14.3. The van der Waals surface area contributed by atoms with Crippen molar-refractivity contribution in [2.75, 3.05) is 31.4 Å². The van der Waals surface area contributed by atoms with Crippen LogP contribution in [-0.4, -0.2) is 48.3 Å². The number of benzene rings is 1. The summed E-state index contributed by atoms with van der Waals surface area (Å²) in [5.74, 6) is 1.19. The van der Waals surface area contributed by atoms with Gasteiger partial charge in [0.25, 0.3) is 0 Å². The van der Waals surface area contributed by atoms with Gasteiger partial charge in [-0.3, -0.25) is 4.79 Å². The van der Waals surface area contributed by atoms with Gasteiger partial charge in [-0.1, -0.05) is 0 Å². The molecule has 138 valence electrons. The Morgan fingerprint density at radius 3 is 2.77 bits per heavy atom. The maximum Gasteiger partial charge on any atom is 0.248 e. The molecule has 1 amide bonds. The quantitative estimate of drug-likeness (QED) is 0.690. The van der Waals surface area contributed by atoms with E-state index in [1.807, 2.05) is 0 Å². The predicted molar refractivity (Wildman–Crippen MR) is 95.2 cm³/mol.